The molecule has 0 aliphatic heterocycles. The van der Waals surface area contributed by atoms with Crippen molar-refractivity contribution in [2.75, 3.05) is 20.7 Å². The van der Waals surface area contributed by atoms with Crippen LogP contribution in [0, 0.1) is 0 Å². The van der Waals surface area contributed by atoms with Gasteiger partial charge in [0.1, 0.15) is 5.75 Å². The van der Waals surface area contributed by atoms with E-state index >= 15 is 0 Å². The number of rotatable bonds is 5. The van der Waals surface area contributed by atoms with E-state index in [1.807, 2.05) is 13.1 Å². The van der Waals surface area contributed by atoms with E-state index in [4.69, 9.17) is 4.74 Å². The van der Waals surface area contributed by atoms with Gasteiger partial charge in [0.15, 0.2) is 0 Å². The Morgan fingerprint density at radius 1 is 1.43 bits per heavy atom. The van der Waals surface area contributed by atoms with Crippen LogP contribution >= 0.6 is 15.9 Å². The zero-order valence-electron chi connectivity index (χ0n) is 8.64. The largest absolute Gasteiger partial charge is 0.496 e. The fraction of sp³-hybridized carbons (Fsp3) is 0.455. The molecule has 0 aliphatic carbocycles. The second kappa shape index (κ2) is 6.04. The van der Waals surface area contributed by atoms with E-state index in [0.717, 1.165) is 29.6 Å². The van der Waals surface area contributed by atoms with Crippen LogP contribution in [0.3, 0.4) is 0 Å². The van der Waals surface area contributed by atoms with E-state index in [2.05, 4.69) is 33.4 Å². The van der Waals surface area contributed by atoms with Crippen molar-refractivity contribution in [3.05, 3.63) is 28.2 Å². The number of halogens is 1. The SMILES string of the molecule is CNCCCc1ccc(OC)c(Br)c1. The first-order valence-electron chi connectivity index (χ1n) is 4.75. The Labute approximate surface area is 93.8 Å². The van der Waals surface area contributed by atoms with Gasteiger partial charge in [-0.25, -0.2) is 0 Å². The maximum absolute atomic E-state index is 5.17. The minimum absolute atomic E-state index is 0.891. The average Bonchev–Trinajstić information content (AvgIpc) is 2.18. The third-order valence-corrected chi connectivity index (χ3v) is 2.73. The highest BCUT2D eigenvalue weighted by molar-refractivity contribution is 9.10. The Kier molecular flexibility index (Phi) is 4.98. The van der Waals surface area contributed by atoms with Crippen LogP contribution in [0.5, 0.6) is 5.75 Å². The summed E-state index contributed by atoms with van der Waals surface area (Å²) in [5, 5.41) is 3.14. The molecule has 14 heavy (non-hydrogen) atoms. The Morgan fingerprint density at radius 2 is 2.21 bits per heavy atom. The number of hydrogen-bond donors (Lipinski definition) is 1. The van der Waals surface area contributed by atoms with E-state index in [0.29, 0.717) is 0 Å². The molecule has 0 atom stereocenters. The molecule has 0 spiro atoms. The molecule has 0 aliphatic rings. The van der Waals surface area contributed by atoms with Crippen molar-refractivity contribution in [2.24, 2.45) is 0 Å². The molecule has 1 aromatic carbocycles. The molecule has 0 radical (unpaired) electrons. The van der Waals surface area contributed by atoms with Crippen molar-refractivity contribution in [3.63, 3.8) is 0 Å². The molecule has 1 N–H and O–H groups in total. The molecule has 0 heterocycles. The highest BCUT2D eigenvalue weighted by Gasteiger charge is 2.00. The van der Waals surface area contributed by atoms with Gasteiger partial charge in [0.2, 0.25) is 0 Å². The second-order valence-corrected chi connectivity index (χ2v) is 4.03. The van der Waals surface area contributed by atoms with Gasteiger partial charge >= 0.3 is 0 Å². The van der Waals surface area contributed by atoms with E-state index in [9.17, 15) is 0 Å². The Hall–Kier alpha value is -0.540. The third-order valence-electron chi connectivity index (χ3n) is 2.11. The van der Waals surface area contributed by atoms with Crippen LogP contribution in [0.1, 0.15) is 12.0 Å². The molecule has 0 saturated carbocycles. The van der Waals surface area contributed by atoms with E-state index in [1.165, 1.54) is 5.56 Å². The summed E-state index contributed by atoms with van der Waals surface area (Å²) in [6.45, 7) is 1.06. The lowest BCUT2D eigenvalue weighted by molar-refractivity contribution is 0.412. The summed E-state index contributed by atoms with van der Waals surface area (Å²) in [6.07, 6.45) is 2.26. The molecule has 0 amide bonds. The molecule has 0 saturated heterocycles. The summed E-state index contributed by atoms with van der Waals surface area (Å²) in [5.74, 6) is 0.891. The van der Waals surface area contributed by atoms with Gasteiger partial charge in [0, 0.05) is 0 Å². The Bertz CT molecular complexity index is 289. The van der Waals surface area contributed by atoms with Crippen molar-refractivity contribution < 1.29 is 4.74 Å². The highest BCUT2D eigenvalue weighted by atomic mass is 79.9. The summed E-state index contributed by atoms with van der Waals surface area (Å²) in [5.41, 5.74) is 1.34. The molecule has 0 unspecified atom stereocenters. The minimum atomic E-state index is 0.891. The van der Waals surface area contributed by atoms with Gasteiger partial charge in [-0.3, -0.25) is 0 Å². The monoisotopic (exact) mass is 257 g/mol. The third kappa shape index (κ3) is 3.31. The maximum atomic E-state index is 5.17. The Balaban J connectivity index is 2.57. The first-order valence-corrected chi connectivity index (χ1v) is 5.54. The molecule has 0 aromatic heterocycles. The summed E-state index contributed by atoms with van der Waals surface area (Å²) >= 11 is 3.48. The van der Waals surface area contributed by atoms with Gasteiger partial charge in [-0.2, -0.15) is 0 Å². The van der Waals surface area contributed by atoms with E-state index in [1.54, 1.807) is 7.11 Å². The summed E-state index contributed by atoms with van der Waals surface area (Å²) in [6, 6.07) is 6.23. The van der Waals surface area contributed by atoms with Gasteiger partial charge in [-0.15, -0.1) is 0 Å². The van der Waals surface area contributed by atoms with Crippen molar-refractivity contribution in [1.29, 1.82) is 0 Å². The van der Waals surface area contributed by atoms with Crippen molar-refractivity contribution in [2.45, 2.75) is 12.8 Å². The molecule has 78 valence electrons. The van der Waals surface area contributed by atoms with Crippen LogP contribution in [0.2, 0.25) is 0 Å². The molecule has 1 aromatic rings. The first kappa shape index (κ1) is 11.5. The highest BCUT2D eigenvalue weighted by Crippen LogP contribution is 2.25. The number of methoxy groups -OCH3 is 1. The maximum Gasteiger partial charge on any atom is 0.133 e. The summed E-state index contributed by atoms with van der Waals surface area (Å²) in [7, 11) is 3.66. The van der Waals surface area contributed by atoms with Crippen LogP contribution in [0.25, 0.3) is 0 Å². The van der Waals surface area contributed by atoms with Gasteiger partial charge in [0.05, 0.1) is 11.6 Å². The minimum Gasteiger partial charge on any atom is -0.496 e. The molecular formula is C11H16BrNO. The smallest absolute Gasteiger partial charge is 0.133 e. The quantitative estimate of drug-likeness (QED) is 0.820. The lowest BCUT2D eigenvalue weighted by atomic mass is 10.1. The fourth-order valence-corrected chi connectivity index (χ4v) is 1.92. The average molecular weight is 258 g/mol. The molecule has 0 fully saturated rings. The number of benzene rings is 1. The second-order valence-electron chi connectivity index (χ2n) is 3.18. The lowest BCUT2D eigenvalue weighted by Gasteiger charge is -2.06. The van der Waals surface area contributed by atoms with Crippen molar-refractivity contribution >= 4 is 15.9 Å². The number of nitrogens with one attached hydrogen (secondary N) is 1. The van der Waals surface area contributed by atoms with E-state index in [-0.39, 0.29) is 0 Å². The molecule has 0 bridgehead atoms. The van der Waals surface area contributed by atoms with Gasteiger partial charge < -0.3 is 10.1 Å². The Morgan fingerprint density at radius 3 is 2.79 bits per heavy atom. The molecular weight excluding hydrogens is 242 g/mol. The number of hydrogen-bond acceptors (Lipinski definition) is 2. The predicted octanol–water partition coefficient (Wildman–Crippen LogP) is 2.61. The molecule has 2 nitrogen and oxygen atoms in total. The van der Waals surface area contributed by atoms with Gasteiger partial charge in [0.25, 0.3) is 0 Å². The number of ether oxygens (including phenoxy) is 1. The van der Waals surface area contributed by atoms with Gasteiger partial charge in [-0.1, -0.05) is 6.07 Å². The zero-order chi connectivity index (χ0) is 10.4. The zero-order valence-corrected chi connectivity index (χ0v) is 10.2. The number of aryl methyl sites for hydroxylation is 1. The van der Waals surface area contributed by atoms with E-state index < -0.39 is 0 Å². The van der Waals surface area contributed by atoms with Gasteiger partial charge in [-0.05, 0) is 60.1 Å². The van der Waals surface area contributed by atoms with Crippen LogP contribution in [-0.2, 0) is 6.42 Å². The lowest BCUT2D eigenvalue weighted by Crippen LogP contribution is -2.08. The predicted molar refractivity (Wildman–Crippen MR) is 62.9 cm³/mol. The molecule has 3 heteroatoms. The fourth-order valence-electron chi connectivity index (χ4n) is 1.33. The van der Waals surface area contributed by atoms with Crippen molar-refractivity contribution in [3.8, 4) is 5.75 Å². The van der Waals surface area contributed by atoms with Crippen LogP contribution in [0.4, 0.5) is 0 Å². The molecule has 1 rings (SSSR count). The van der Waals surface area contributed by atoms with Crippen LogP contribution in [-0.4, -0.2) is 20.7 Å². The van der Waals surface area contributed by atoms with Crippen LogP contribution < -0.4 is 10.1 Å². The topological polar surface area (TPSA) is 21.3 Å². The van der Waals surface area contributed by atoms with Crippen LogP contribution in [0.15, 0.2) is 22.7 Å². The first-order chi connectivity index (χ1) is 6.77. The summed E-state index contributed by atoms with van der Waals surface area (Å²) < 4.78 is 6.20. The van der Waals surface area contributed by atoms with Crippen molar-refractivity contribution in [1.82, 2.24) is 5.32 Å². The normalized spacial score (nSPS) is 10.2. The summed E-state index contributed by atoms with van der Waals surface area (Å²) in [4.78, 5) is 0. The standard InChI is InChI=1S/C11H16BrNO/c1-13-7-3-4-9-5-6-11(14-2)10(12)8-9/h5-6,8,13H,3-4,7H2,1-2H3.